The number of fused-ring (bicyclic) bond motifs is 1. The maximum absolute atomic E-state index is 13.1. The molecule has 0 amide bonds. The van der Waals surface area contributed by atoms with Gasteiger partial charge in [0, 0.05) is 17.7 Å². The fourth-order valence-electron chi connectivity index (χ4n) is 2.89. The Labute approximate surface area is 141 Å². The van der Waals surface area contributed by atoms with Crippen molar-refractivity contribution in [2.75, 3.05) is 13.2 Å². The minimum absolute atomic E-state index is 0.126. The number of hydrogen-bond acceptors (Lipinski definition) is 4. The Hall–Kier alpha value is -2.18. The lowest BCUT2D eigenvalue weighted by Gasteiger charge is -2.26. The second kappa shape index (κ2) is 6.37. The summed E-state index contributed by atoms with van der Waals surface area (Å²) < 4.78 is 33.3. The number of para-hydroxylation sites is 1. The Morgan fingerprint density at radius 3 is 2.67 bits per heavy atom. The third-order valence-corrected chi connectivity index (χ3v) is 6.18. The minimum Gasteiger partial charge on any atom is -0.492 e. The zero-order chi connectivity index (χ0) is 17.3. The first-order valence-electron chi connectivity index (χ1n) is 7.76. The third kappa shape index (κ3) is 2.95. The van der Waals surface area contributed by atoms with Crippen LogP contribution in [0.4, 0.5) is 0 Å². The Morgan fingerprint density at radius 1 is 1.17 bits per heavy atom. The first-order chi connectivity index (χ1) is 11.4. The summed E-state index contributed by atoms with van der Waals surface area (Å²) in [6.07, 6.45) is 0. The number of rotatable bonds is 3. The van der Waals surface area contributed by atoms with Crippen LogP contribution < -0.4 is 4.74 Å². The molecule has 0 bridgehead atoms. The van der Waals surface area contributed by atoms with Gasteiger partial charge in [-0.1, -0.05) is 30.3 Å². The van der Waals surface area contributed by atoms with E-state index in [-0.39, 0.29) is 29.9 Å². The van der Waals surface area contributed by atoms with Gasteiger partial charge in [0.15, 0.2) is 5.78 Å². The largest absolute Gasteiger partial charge is 0.492 e. The van der Waals surface area contributed by atoms with E-state index in [0.29, 0.717) is 11.3 Å². The highest BCUT2D eigenvalue weighted by molar-refractivity contribution is 7.89. The van der Waals surface area contributed by atoms with Gasteiger partial charge in [-0.15, -0.1) is 0 Å². The Morgan fingerprint density at radius 2 is 1.92 bits per heavy atom. The molecule has 0 saturated heterocycles. The highest BCUT2D eigenvalue weighted by Crippen LogP contribution is 2.34. The minimum atomic E-state index is -3.73. The van der Waals surface area contributed by atoms with Crippen molar-refractivity contribution in [3.8, 4) is 5.75 Å². The van der Waals surface area contributed by atoms with Gasteiger partial charge in [0.1, 0.15) is 12.4 Å². The smallest absolute Gasteiger partial charge is 0.243 e. The zero-order valence-electron chi connectivity index (χ0n) is 13.6. The third-order valence-electron chi connectivity index (χ3n) is 4.22. The number of nitrogens with zero attached hydrogens (tertiary/aromatic N) is 1. The summed E-state index contributed by atoms with van der Waals surface area (Å²) in [5, 5.41) is 0. The molecule has 1 atom stereocenters. The van der Waals surface area contributed by atoms with Gasteiger partial charge in [-0.3, -0.25) is 4.79 Å². The van der Waals surface area contributed by atoms with Gasteiger partial charge in [-0.05, 0) is 32.0 Å². The molecule has 0 N–H and O–H groups in total. The summed E-state index contributed by atoms with van der Waals surface area (Å²) in [6.45, 7) is 3.81. The maximum Gasteiger partial charge on any atom is 0.243 e. The quantitative estimate of drug-likeness (QED) is 0.802. The second-order valence-corrected chi connectivity index (χ2v) is 7.65. The van der Waals surface area contributed by atoms with E-state index in [0.717, 1.165) is 5.56 Å². The normalized spacial score (nSPS) is 18.3. The predicted octanol–water partition coefficient (Wildman–Crippen LogP) is 3.03. The number of ether oxygens (including phenoxy) is 1. The molecule has 0 aromatic heterocycles. The molecule has 24 heavy (non-hydrogen) atoms. The fraction of sp³-hybridized carbons (Fsp3) is 0.278. The van der Waals surface area contributed by atoms with Gasteiger partial charge in [-0.2, -0.15) is 4.31 Å². The summed E-state index contributed by atoms with van der Waals surface area (Å²) in [6, 6.07) is 13.3. The molecule has 1 aliphatic heterocycles. The van der Waals surface area contributed by atoms with Crippen molar-refractivity contribution >= 4 is 15.8 Å². The summed E-state index contributed by atoms with van der Waals surface area (Å²) in [7, 11) is -3.73. The molecular formula is C18H19NO4S. The van der Waals surface area contributed by atoms with Crippen molar-refractivity contribution < 1.29 is 17.9 Å². The number of benzene rings is 2. The van der Waals surface area contributed by atoms with Crippen LogP contribution in [0.1, 0.15) is 35.8 Å². The molecule has 2 aromatic carbocycles. The summed E-state index contributed by atoms with van der Waals surface area (Å²) in [5.41, 5.74) is 1.22. The van der Waals surface area contributed by atoms with Crippen LogP contribution in [0.3, 0.4) is 0 Å². The van der Waals surface area contributed by atoms with Crippen LogP contribution >= 0.6 is 0 Å². The van der Waals surface area contributed by atoms with Gasteiger partial charge < -0.3 is 4.74 Å². The first kappa shape index (κ1) is 16.7. The Balaban J connectivity index is 2.04. The molecule has 3 rings (SSSR count). The molecule has 0 fully saturated rings. The fourth-order valence-corrected chi connectivity index (χ4v) is 4.53. The van der Waals surface area contributed by atoms with E-state index in [1.165, 1.54) is 23.4 Å². The van der Waals surface area contributed by atoms with E-state index in [9.17, 15) is 13.2 Å². The average molecular weight is 345 g/mol. The molecule has 0 spiro atoms. The maximum atomic E-state index is 13.1. The predicted molar refractivity (Wildman–Crippen MR) is 90.7 cm³/mol. The van der Waals surface area contributed by atoms with Gasteiger partial charge in [0.05, 0.1) is 10.9 Å². The molecule has 1 aliphatic rings. The van der Waals surface area contributed by atoms with E-state index in [4.69, 9.17) is 4.74 Å². The van der Waals surface area contributed by atoms with Crippen molar-refractivity contribution in [2.24, 2.45) is 0 Å². The van der Waals surface area contributed by atoms with Crippen LogP contribution in [-0.4, -0.2) is 31.7 Å². The molecule has 5 nitrogen and oxygen atoms in total. The topological polar surface area (TPSA) is 63.7 Å². The van der Waals surface area contributed by atoms with E-state index in [1.807, 2.05) is 31.2 Å². The number of carbonyl (C=O) groups is 1. The number of carbonyl (C=O) groups excluding carboxylic acids is 1. The Kier molecular flexibility index (Phi) is 4.43. The molecule has 0 radical (unpaired) electrons. The van der Waals surface area contributed by atoms with Crippen LogP contribution in [0.15, 0.2) is 53.4 Å². The van der Waals surface area contributed by atoms with Crippen LogP contribution in [0.2, 0.25) is 0 Å². The van der Waals surface area contributed by atoms with Crippen molar-refractivity contribution in [1.29, 1.82) is 0 Å². The van der Waals surface area contributed by atoms with Gasteiger partial charge in [-0.25, -0.2) is 8.42 Å². The first-order valence-corrected chi connectivity index (χ1v) is 9.20. The lowest BCUT2D eigenvalue weighted by Crippen LogP contribution is -2.35. The van der Waals surface area contributed by atoms with Crippen LogP contribution in [0.5, 0.6) is 5.75 Å². The van der Waals surface area contributed by atoms with Crippen molar-refractivity contribution in [1.82, 2.24) is 4.31 Å². The molecule has 1 unspecified atom stereocenters. The van der Waals surface area contributed by atoms with Crippen LogP contribution in [-0.2, 0) is 10.0 Å². The van der Waals surface area contributed by atoms with Crippen molar-refractivity contribution in [2.45, 2.75) is 24.8 Å². The highest BCUT2D eigenvalue weighted by atomic mass is 32.2. The van der Waals surface area contributed by atoms with E-state index in [1.54, 1.807) is 12.1 Å². The number of hydrogen-bond donors (Lipinski definition) is 0. The zero-order valence-corrected chi connectivity index (χ0v) is 14.4. The van der Waals surface area contributed by atoms with E-state index in [2.05, 4.69) is 0 Å². The van der Waals surface area contributed by atoms with Gasteiger partial charge in [0.2, 0.25) is 10.0 Å². The summed E-state index contributed by atoms with van der Waals surface area (Å²) >= 11 is 0. The molecule has 1 heterocycles. The van der Waals surface area contributed by atoms with Crippen LogP contribution in [0, 0.1) is 0 Å². The van der Waals surface area contributed by atoms with Crippen molar-refractivity contribution in [3.63, 3.8) is 0 Å². The second-order valence-electron chi connectivity index (χ2n) is 5.76. The van der Waals surface area contributed by atoms with Crippen LogP contribution in [0.25, 0.3) is 0 Å². The van der Waals surface area contributed by atoms with Gasteiger partial charge in [0.25, 0.3) is 0 Å². The molecule has 2 aromatic rings. The van der Waals surface area contributed by atoms with E-state index >= 15 is 0 Å². The van der Waals surface area contributed by atoms with E-state index < -0.39 is 10.0 Å². The molecule has 6 heteroatoms. The summed E-state index contributed by atoms with van der Waals surface area (Å²) in [4.78, 5) is 11.7. The van der Waals surface area contributed by atoms with Crippen molar-refractivity contribution in [3.05, 3.63) is 59.7 Å². The lowest BCUT2D eigenvalue weighted by atomic mass is 10.1. The SMILES string of the molecule is CC(=O)c1cccc(S(=O)(=O)N2CCOc3ccccc3C2C)c1. The Bertz CT molecular complexity index is 876. The standard InChI is InChI=1S/C18H19NO4S/c1-13-17-8-3-4-9-18(17)23-11-10-19(13)24(21,22)16-7-5-6-15(12-16)14(2)20/h3-9,12-13H,10-11H2,1-2H3. The molecule has 126 valence electrons. The molecular weight excluding hydrogens is 326 g/mol. The average Bonchev–Trinajstić information content (AvgIpc) is 2.75. The molecule has 0 saturated carbocycles. The monoisotopic (exact) mass is 345 g/mol. The van der Waals surface area contributed by atoms with Gasteiger partial charge >= 0.3 is 0 Å². The summed E-state index contributed by atoms with van der Waals surface area (Å²) in [5.74, 6) is 0.546. The number of Topliss-reactive ketones (excluding diaryl/α,β-unsaturated/α-hetero) is 1. The molecule has 0 aliphatic carbocycles. The lowest BCUT2D eigenvalue weighted by molar-refractivity contribution is 0.101. The number of ketones is 1. The highest BCUT2D eigenvalue weighted by Gasteiger charge is 2.33. The number of sulfonamides is 1.